The molecule has 1 unspecified atom stereocenters. The van der Waals surface area contributed by atoms with Crippen molar-refractivity contribution in [2.45, 2.75) is 32.6 Å². The lowest BCUT2D eigenvalue weighted by Crippen LogP contribution is -2.22. The van der Waals surface area contributed by atoms with Crippen LogP contribution < -0.4 is 5.73 Å². The minimum Gasteiger partial charge on any atom is -0.369 e. The third-order valence-corrected chi connectivity index (χ3v) is 1.59. The molecule has 0 saturated heterocycles. The van der Waals surface area contributed by atoms with Gasteiger partial charge in [0.1, 0.15) is 0 Å². The fourth-order valence-corrected chi connectivity index (χ4v) is 1.02. The molecule has 0 heterocycles. The number of amides is 1. The smallest absolute Gasteiger partial charge is 0.220 e. The molecule has 0 saturated carbocycles. The summed E-state index contributed by atoms with van der Waals surface area (Å²) in [5.41, 5.74) is 5.14. The van der Waals surface area contributed by atoms with Crippen molar-refractivity contribution in [3.63, 3.8) is 0 Å². The van der Waals surface area contributed by atoms with Gasteiger partial charge in [-0.15, -0.1) is 0 Å². The Labute approximate surface area is 62.8 Å². The van der Waals surface area contributed by atoms with E-state index in [1.165, 1.54) is 0 Å². The van der Waals surface area contributed by atoms with Gasteiger partial charge in [-0.3, -0.25) is 4.79 Å². The van der Waals surface area contributed by atoms with Gasteiger partial charge >= 0.3 is 0 Å². The van der Waals surface area contributed by atoms with Crippen molar-refractivity contribution in [2.75, 3.05) is 0 Å². The van der Waals surface area contributed by atoms with Crippen LogP contribution in [0.5, 0.6) is 0 Å². The highest BCUT2D eigenvalue weighted by atomic mass is 16.1. The summed E-state index contributed by atoms with van der Waals surface area (Å²) in [6.07, 6.45) is 3.56. The van der Waals surface area contributed by atoms with Crippen molar-refractivity contribution < 1.29 is 4.79 Å². The van der Waals surface area contributed by atoms with Gasteiger partial charge < -0.3 is 5.73 Å². The normalized spacial score (nSPS) is 10.3. The van der Waals surface area contributed by atoms with Gasteiger partial charge in [0.05, 0.1) is 0 Å². The van der Waals surface area contributed by atoms with Crippen molar-refractivity contribution >= 4 is 5.91 Å². The lowest BCUT2D eigenvalue weighted by molar-refractivity contribution is -0.122. The predicted octanol–water partition coefficient (Wildman–Crippen LogP) is 1.50. The molecular formula is C8H16NO. The molecule has 0 aliphatic rings. The molecule has 0 bridgehead atoms. The quantitative estimate of drug-likeness (QED) is 0.621. The van der Waals surface area contributed by atoms with Gasteiger partial charge in [0.2, 0.25) is 5.91 Å². The molecule has 1 atom stereocenters. The molecule has 2 N–H and O–H groups in total. The summed E-state index contributed by atoms with van der Waals surface area (Å²) in [5.74, 6) is -0.118. The van der Waals surface area contributed by atoms with E-state index in [0.29, 0.717) is 0 Å². The fraction of sp³-hybridized carbons (Fsp3) is 0.750. The second kappa shape index (κ2) is 5.27. The summed E-state index contributed by atoms with van der Waals surface area (Å²) in [5, 5.41) is 0. The molecule has 10 heavy (non-hydrogen) atoms. The molecule has 0 spiro atoms. The van der Waals surface area contributed by atoms with E-state index in [2.05, 4.69) is 13.8 Å². The Morgan fingerprint density at radius 2 is 2.20 bits per heavy atom. The SMILES string of the molecule is [CH2]CCC(CCC)C(N)=O. The number of hydrogen-bond donors (Lipinski definition) is 1. The highest BCUT2D eigenvalue weighted by Gasteiger charge is 2.11. The van der Waals surface area contributed by atoms with Crippen LogP contribution in [0, 0.1) is 12.8 Å². The Kier molecular flexibility index (Phi) is 4.99. The zero-order chi connectivity index (χ0) is 7.98. The van der Waals surface area contributed by atoms with E-state index in [1.807, 2.05) is 0 Å². The van der Waals surface area contributed by atoms with E-state index in [0.717, 1.165) is 25.7 Å². The van der Waals surface area contributed by atoms with Gasteiger partial charge in [0.25, 0.3) is 0 Å². The Morgan fingerprint density at radius 3 is 2.50 bits per heavy atom. The molecule has 1 radical (unpaired) electrons. The first-order valence-corrected chi connectivity index (χ1v) is 3.81. The van der Waals surface area contributed by atoms with E-state index >= 15 is 0 Å². The minimum absolute atomic E-state index is 0.0579. The summed E-state index contributed by atoms with van der Waals surface area (Å²) >= 11 is 0. The number of rotatable bonds is 5. The first kappa shape index (κ1) is 9.47. The van der Waals surface area contributed by atoms with Crippen molar-refractivity contribution in [2.24, 2.45) is 11.7 Å². The average Bonchev–Trinajstić information content (AvgIpc) is 1.87. The van der Waals surface area contributed by atoms with Crippen LogP contribution in [0.4, 0.5) is 0 Å². The van der Waals surface area contributed by atoms with Crippen LogP contribution in [0.15, 0.2) is 0 Å². The van der Waals surface area contributed by atoms with Crippen molar-refractivity contribution in [1.82, 2.24) is 0 Å². The van der Waals surface area contributed by atoms with Crippen LogP contribution in [-0.2, 0) is 4.79 Å². The largest absolute Gasteiger partial charge is 0.369 e. The summed E-state index contributed by atoms with van der Waals surface area (Å²) in [7, 11) is 0. The Bertz CT molecular complexity index is 95.4. The van der Waals surface area contributed by atoms with E-state index in [9.17, 15) is 4.79 Å². The van der Waals surface area contributed by atoms with Crippen LogP contribution >= 0.6 is 0 Å². The fourth-order valence-electron chi connectivity index (χ4n) is 1.02. The Balaban J connectivity index is 3.61. The van der Waals surface area contributed by atoms with E-state index in [1.54, 1.807) is 0 Å². The first-order chi connectivity index (χ1) is 4.72. The molecule has 0 aromatic rings. The van der Waals surface area contributed by atoms with E-state index < -0.39 is 0 Å². The molecule has 59 valence electrons. The maximum atomic E-state index is 10.7. The van der Waals surface area contributed by atoms with Crippen LogP contribution in [0.2, 0.25) is 0 Å². The molecule has 0 aliphatic carbocycles. The number of carbonyl (C=O) groups excluding carboxylic acids is 1. The standard InChI is InChI=1S/C8H16NO/c1-3-5-7(6-4-2)8(9)10/h7H,1,3-6H2,2H3,(H2,9,10). The van der Waals surface area contributed by atoms with E-state index in [-0.39, 0.29) is 11.8 Å². The third kappa shape index (κ3) is 3.49. The van der Waals surface area contributed by atoms with Gasteiger partial charge in [-0.25, -0.2) is 0 Å². The number of carbonyl (C=O) groups is 1. The van der Waals surface area contributed by atoms with Crippen molar-refractivity contribution in [3.05, 3.63) is 6.92 Å². The Hall–Kier alpha value is -0.530. The monoisotopic (exact) mass is 142 g/mol. The molecule has 2 nitrogen and oxygen atoms in total. The maximum Gasteiger partial charge on any atom is 0.220 e. The van der Waals surface area contributed by atoms with Crippen molar-refractivity contribution in [1.29, 1.82) is 0 Å². The lowest BCUT2D eigenvalue weighted by atomic mass is 9.98. The van der Waals surface area contributed by atoms with Gasteiger partial charge in [0, 0.05) is 5.92 Å². The first-order valence-electron chi connectivity index (χ1n) is 3.81. The second-order valence-corrected chi connectivity index (χ2v) is 2.53. The van der Waals surface area contributed by atoms with Gasteiger partial charge in [-0.1, -0.05) is 26.7 Å². The maximum absolute atomic E-state index is 10.7. The molecule has 2 heteroatoms. The predicted molar refractivity (Wildman–Crippen MR) is 42.2 cm³/mol. The van der Waals surface area contributed by atoms with Crippen LogP contribution in [0.3, 0.4) is 0 Å². The second-order valence-electron chi connectivity index (χ2n) is 2.53. The molecular weight excluding hydrogens is 126 g/mol. The molecule has 1 amide bonds. The number of nitrogens with two attached hydrogens (primary N) is 1. The lowest BCUT2D eigenvalue weighted by Gasteiger charge is -2.09. The van der Waals surface area contributed by atoms with E-state index in [4.69, 9.17) is 5.73 Å². The molecule has 0 aromatic carbocycles. The zero-order valence-electron chi connectivity index (χ0n) is 6.60. The minimum atomic E-state index is -0.175. The molecule has 0 fully saturated rings. The van der Waals surface area contributed by atoms with Gasteiger partial charge in [-0.05, 0) is 12.8 Å². The summed E-state index contributed by atoms with van der Waals surface area (Å²) in [6, 6.07) is 0. The Morgan fingerprint density at radius 1 is 1.60 bits per heavy atom. The highest BCUT2D eigenvalue weighted by Crippen LogP contribution is 2.11. The van der Waals surface area contributed by atoms with Crippen LogP contribution in [0.25, 0.3) is 0 Å². The molecule has 0 rings (SSSR count). The van der Waals surface area contributed by atoms with Gasteiger partial charge in [-0.2, -0.15) is 0 Å². The molecule has 0 aromatic heterocycles. The van der Waals surface area contributed by atoms with Gasteiger partial charge in [0.15, 0.2) is 0 Å². The number of hydrogen-bond acceptors (Lipinski definition) is 1. The summed E-state index contributed by atoms with van der Waals surface area (Å²) in [4.78, 5) is 10.7. The van der Waals surface area contributed by atoms with Crippen LogP contribution in [-0.4, -0.2) is 5.91 Å². The third-order valence-electron chi connectivity index (χ3n) is 1.59. The van der Waals surface area contributed by atoms with Crippen molar-refractivity contribution in [3.8, 4) is 0 Å². The topological polar surface area (TPSA) is 43.1 Å². The number of primary amides is 1. The molecule has 0 aliphatic heterocycles. The zero-order valence-corrected chi connectivity index (χ0v) is 6.60. The highest BCUT2D eigenvalue weighted by molar-refractivity contribution is 5.76. The van der Waals surface area contributed by atoms with Crippen LogP contribution in [0.1, 0.15) is 32.6 Å². The summed E-state index contributed by atoms with van der Waals surface area (Å²) < 4.78 is 0. The average molecular weight is 142 g/mol. The summed E-state index contributed by atoms with van der Waals surface area (Å²) in [6.45, 7) is 5.74.